The van der Waals surface area contributed by atoms with Crippen molar-refractivity contribution in [3.8, 4) is 0 Å². The molecule has 0 aromatic heterocycles. The van der Waals surface area contributed by atoms with Crippen LogP contribution in [0.25, 0.3) is 0 Å². The van der Waals surface area contributed by atoms with Gasteiger partial charge in [0.05, 0.1) is 0 Å². The fourth-order valence-electron chi connectivity index (χ4n) is 2.56. The van der Waals surface area contributed by atoms with E-state index in [-0.39, 0.29) is 5.91 Å². The maximum Gasteiger partial charge on any atom is 0.248 e. The summed E-state index contributed by atoms with van der Waals surface area (Å²) in [6.45, 7) is 6.39. The minimum atomic E-state index is -0.367. The lowest BCUT2D eigenvalue weighted by atomic mass is 10.1. The van der Waals surface area contributed by atoms with Gasteiger partial charge >= 0.3 is 0 Å². The number of benzene rings is 1. The van der Waals surface area contributed by atoms with Crippen LogP contribution in [0.1, 0.15) is 35.7 Å². The Hall–Kier alpha value is -1.39. The zero-order chi connectivity index (χ0) is 13.7. The molecule has 0 radical (unpaired) electrons. The van der Waals surface area contributed by atoms with Crippen molar-refractivity contribution in [3.63, 3.8) is 0 Å². The third-order valence-corrected chi connectivity index (χ3v) is 3.73. The summed E-state index contributed by atoms with van der Waals surface area (Å²) in [6.07, 6.45) is 2.56. The highest BCUT2D eigenvalue weighted by atomic mass is 16.1. The Labute approximate surface area is 115 Å². The number of amides is 1. The lowest BCUT2D eigenvalue weighted by Gasteiger charge is -2.24. The first-order chi connectivity index (χ1) is 9.19. The van der Waals surface area contributed by atoms with E-state index < -0.39 is 0 Å². The molecule has 19 heavy (non-hydrogen) atoms. The molecule has 1 heterocycles. The second-order valence-electron chi connectivity index (χ2n) is 5.18. The first-order valence-electron chi connectivity index (χ1n) is 7.03. The number of nitrogens with zero attached hydrogens (tertiary/aromatic N) is 1. The summed E-state index contributed by atoms with van der Waals surface area (Å²) in [5, 5.41) is 3.53. The van der Waals surface area contributed by atoms with Crippen LogP contribution in [0.2, 0.25) is 0 Å². The normalized spacial score (nSPS) is 18.9. The van der Waals surface area contributed by atoms with E-state index >= 15 is 0 Å². The third-order valence-electron chi connectivity index (χ3n) is 3.73. The zero-order valence-corrected chi connectivity index (χ0v) is 11.6. The number of likely N-dealkylation sites (N-methyl/N-ethyl adjacent to an activating group) is 1. The topological polar surface area (TPSA) is 58.4 Å². The summed E-state index contributed by atoms with van der Waals surface area (Å²) < 4.78 is 0. The minimum absolute atomic E-state index is 0.367. The number of rotatable bonds is 6. The van der Waals surface area contributed by atoms with E-state index in [9.17, 15) is 4.79 Å². The van der Waals surface area contributed by atoms with Crippen molar-refractivity contribution in [2.24, 2.45) is 5.73 Å². The second-order valence-corrected chi connectivity index (χ2v) is 5.18. The lowest BCUT2D eigenvalue weighted by molar-refractivity contribution is 0.100. The van der Waals surface area contributed by atoms with Gasteiger partial charge in [-0.05, 0) is 43.6 Å². The van der Waals surface area contributed by atoms with Crippen LogP contribution in [0.4, 0.5) is 0 Å². The predicted molar refractivity (Wildman–Crippen MR) is 76.9 cm³/mol. The van der Waals surface area contributed by atoms with Crippen molar-refractivity contribution in [1.82, 2.24) is 10.2 Å². The van der Waals surface area contributed by atoms with E-state index in [2.05, 4.69) is 17.1 Å². The van der Waals surface area contributed by atoms with E-state index in [0.717, 1.165) is 26.2 Å². The van der Waals surface area contributed by atoms with Crippen LogP contribution >= 0.6 is 0 Å². The van der Waals surface area contributed by atoms with Crippen LogP contribution in [0.5, 0.6) is 0 Å². The fourth-order valence-corrected chi connectivity index (χ4v) is 2.56. The van der Waals surface area contributed by atoms with Crippen molar-refractivity contribution in [2.75, 3.05) is 19.6 Å². The van der Waals surface area contributed by atoms with E-state index in [1.807, 2.05) is 12.1 Å². The second kappa shape index (κ2) is 6.68. The molecule has 104 valence electrons. The highest BCUT2D eigenvalue weighted by Crippen LogP contribution is 2.11. The zero-order valence-electron chi connectivity index (χ0n) is 11.6. The summed E-state index contributed by atoms with van der Waals surface area (Å²) in [6, 6.07) is 8.22. The van der Waals surface area contributed by atoms with Crippen molar-refractivity contribution in [2.45, 2.75) is 32.4 Å². The van der Waals surface area contributed by atoms with Gasteiger partial charge in [0, 0.05) is 24.7 Å². The Bertz CT molecular complexity index is 410. The molecule has 0 saturated carbocycles. The van der Waals surface area contributed by atoms with Crippen LogP contribution in [0.15, 0.2) is 24.3 Å². The van der Waals surface area contributed by atoms with Gasteiger partial charge in [0.15, 0.2) is 0 Å². The lowest BCUT2D eigenvalue weighted by Crippen LogP contribution is -2.37. The highest BCUT2D eigenvalue weighted by molar-refractivity contribution is 5.92. The smallest absolute Gasteiger partial charge is 0.248 e. The molecule has 2 rings (SSSR count). The monoisotopic (exact) mass is 261 g/mol. The summed E-state index contributed by atoms with van der Waals surface area (Å²) in [7, 11) is 0. The van der Waals surface area contributed by atoms with Crippen molar-refractivity contribution in [1.29, 1.82) is 0 Å². The van der Waals surface area contributed by atoms with Gasteiger partial charge in [0.2, 0.25) is 5.91 Å². The minimum Gasteiger partial charge on any atom is -0.366 e. The quantitative estimate of drug-likeness (QED) is 0.813. The molecule has 4 heteroatoms. The van der Waals surface area contributed by atoms with Gasteiger partial charge in [-0.3, -0.25) is 9.69 Å². The number of carbonyl (C=O) groups excluding carboxylic acids is 1. The van der Waals surface area contributed by atoms with Crippen molar-refractivity contribution < 1.29 is 4.79 Å². The average Bonchev–Trinajstić information content (AvgIpc) is 2.91. The summed E-state index contributed by atoms with van der Waals surface area (Å²) in [5.74, 6) is -0.367. The largest absolute Gasteiger partial charge is 0.366 e. The molecule has 0 bridgehead atoms. The average molecular weight is 261 g/mol. The van der Waals surface area contributed by atoms with Crippen LogP contribution in [0.3, 0.4) is 0 Å². The molecule has 1 aliphatic rings. The van der Waals surface area contributed by atoms with Gasteiger partial charge in [-0.15, -0.1) is 0 Å². The Kier molecular flexibility index (Phi) is 4.93. The molecule has 1 aromatic carbocycles. The predicted octanol–water partition coefficient (Wildman–Crippen LogP) is 1.36. The number of hydrogen-bond acceptors (Lipinski definition) is 3. The van der Waals surface area contributed by atoms with E-state index in [4.69, 9.17) is 5.73 Å². The molecule has 0 spiro atoms. The molecule has 1 aromatic rings. The molecule has 1 atom stereocenters. The molecular formula is C15H23N3O. The number of hydrogen-bond donors (Lipinski definition) is 2. The van der Waals surface area contributed by atoms with Crippen LogP contribution in [-0.4, -0.2) is 36.5 Å². The van der Waals surface area contributed by atoms with E-state index in [1.54, 1.807) is 12.1 Å². The standard InChI is InChI=1S/C15H23N3O/c1-2-18(11-14-4-3-9-17-14)10-12-5-7-13(8-6-12)15(16)19/h5-8,14,17H,2-4,9-11H2,1H3,(H2,16,19). The molecular weight excluding hydrogens is 238 g/mol. The Morgan fingerprint density at radius 1 is 1.42 bits per heavy atom. The number of primary amides is 1. The summed E-state index contributed by atoms with van der Waals surface area (Å²) >= 11 is 0. The Morgan fingerprint density at radius 2 is 2.16 bits per heavy atom. The molecule has 0 aliphatic carbocycles. The molecule has 3 N–H and O–H groups in total. The van der Waals surface area contributed by atoms with Gasteiger partial charge in [-0.2, -0.15) is 0 Å². The first-order valence-corrected chi connectivity index (χ1v) is 7.03. The Balaban J connectivity index is 1.91. The van der Waals surface area contributed by atoms with E-state index in [1.165, 1.54) is 18.4 Å². The molecule has 1 amide bonds. The van der Waals surface area contributed by atoms with Crippen molar-refractivity contribution >= 4 is 5.91 Å². The molecule has 1 aliphatic heterocycles. The third kappa shape index (κ3) is 4.04. The van der Waals surface area contributed by atoms with Crippen LogP contribution < -0.4 is 11.1 Å². The SMILES string of the molecule is CCN(Cc1ccc(C(N)=O)cc1)CC1CCCN1. The Morgan fingerprint density at radius 3 is 2.68 bits per heavy atom. The van der Waals surface area contributed by atoms with Crippen LogP contribution in [0, 0.1) is 0 Å². The molecule has 4 nitrogen and oxygen atoms in total. The maximum atomic E-state index is 11.0. The number of nitrogens with two attached hydrogens (primary N) is 1. The fraction of sp³-hybridized carbons (Fsp3) is 0.533. The van der Waals surface area contributed by atoms with Crippen LogP contribution in [-0.2, 0) is 6.54 Å². The first kappa shape index (κ1) is 14.0. The van der Waals surface area contributed by atoms with Gasteiger partial charge < -0.3 is 11.1 Å². The molecule has 1 saturated heterocycles. The van der Waals surface area contributed by atoms with Gasteiger partial charge in [-0.1, -0.05) is 19.1 Å². The molecule has 1 fully saturated rings. The van der Waals surface area contributed by atoms with Gasteiger partial charge in [0.25, 0.3) is 0 Å². The van der Waals surface area contributed by atoms with Gasteiger partial charge in [-0.25, -0.2) is 0 Å². The van der Waals surface area contributed by atoms with Gasteiger partial charge in [0.1, 0.15) is 0 Å². The van der Waals surface area contributed by atoms with Crippen molar-refractivity contribution in [3.05, 3.63) is 35.4 Å². The highest BCUT2D eigenvalue weighted by Gasteiger charge is 2.17. The maximum absolute atomic E-state index is 11.0. The number of carbonyl (C=O) groups is 1. The number of nitrogens with one attached hydrogen (secondary N) is 1. The van der Waals surface area contributed by atoms with E-state index in [0.29, 0.717) is 11.6 Å². The molecule has 1 unspecified atom stereocenters. The summed E-state index contributed by atoms with van der Waals surface area (Å²) in [5.41, 5.74) is 7.04. The summed E-state index contributed by atoms with van der Waals surface area (Å²) in [4.78, 5) is 13.5.